The molecule has 33 heavy (non-hydrogen) atoms. The van der Waals surface area contributed by atoms with Crippen LogP contribution < -0.4 is 10.1 Å². The Hall–Kier alpha value is -1.65. The van der Waals surface area contributed by atoms with Crippen LogP contribution in [0.15, 0.2) is 35.9 Å². The van der Waals surface area contributed by atoms with Crippen LogP contribution in [0.2, 0.25) is 0 Å². The van der Waals surface area contributed by atoms with Gasteiger partial charge in [0.05, 0.1) is 16.2 Å². The Kier molecular flexibility index (Phi) is 11.6. The summed E-state index contributed by atoms with van der Waals surface area (Å²) in [5.74, 6) is 0.682. The maximum atomic E-state index is 13.1. The molecule has 0 aliphatic heterocycles. The normalized spacial score (nSPS) is 20.3. The number of unbranched alkanes of at least 4 members (excludes halogenated alkanes) is 1. The summed E-state index contributed by atoms with van der Waals surface area (Å²) in [6, 6.07) is 6.91. The molecular weight excluding hydrogens is 535 g/mol. The van der Waals surface area contributed by atoms with Crippen LogP contribution in [0.4, 0.5) is 0 Å². The number of hydrogen-bond donors (Lipinski definition) is 3. The Balaban J connectivity index is 2.37. The van der Waals surface area contributed by atoms with Crippen LogP contribution in [0.3, 0.4) is 0 Å². The number of amides is 2. The standard InChI is InChI=1S/C25H37IN2O5/c1-4-5-10-23(30)28(13-11-17(2)3)20-15-18(25(32)27-12-14-29)16-22(24(20)31)33-21-9-7-6-8-19(21)26/h6-9,16-17,20,22,24,29,31H,4-5,10-15H2,1-3H3,(H,27,32). The second kappa shape index (κ2) is 13.9. The minimum absolute atomic E-state index is 0.00777. The number of nitrogens with zero attached hydrogens (tertiary/aromatic N) is 1. The molecule has 0 heterocycles. The lowest BCUT2D eigenvalue weighted by Gasteiger charge is -2.41. The van der Waals surface area contributed by atoms with Crippen LogP contribution in [0.1, 0.15) is 52.9 Å². The van der Waals surface area contributed by atoms with E-state index in [1.807, 2.05) is 31.2 Å². The summed E-state index contributed by atoms with van der Waals surface area (Å²) in [5, 5.41) is 23.1. The molecule has 0 fully saturated rings. The third-order valence-corrected chi connectivity index (χ3v) is 6.62. The van der Waals surface area contributed by atoms with Crippen molar-refractivity contribution in [2.75, 3.05) is 19.7 Å². The van der Waals surface area contributed by atoms with Gasteiger partial charge in [0.1, 0.15) is 18.0 Å². The van der Waals surface area contributed by atoms with Crippen LogP contribution in [0, 0.1) is 9.49 Å². The summed E-state index contributed by atoms with van der Waals surface area (Å²) < 4.78 is 7.04. The number of para-hydroxylation sites is 1. The lowest BCUT2D eigenvalue weighted by molar-refractivity contribution is -0.139. The number of rotatable bonds is 12. The quantitative estimate of drug-likeness (QED) is 0.334. The van der Waals surface area contributed by atoms with E-state index in [9.17, 15) is 14.7 Å². The molecule has 2 amide bonds. The van der Waals surface area contributed by atoms with E-state index in [0.29, 0.717) is 30.2 Å². The number of nitrogens with one attached hydrogen (secondary N) is 1. The zero-order valence-electron chi connectivity index (χ0n) is 19.8. The van der Waals surface area contributed by atoms with Crippen LogP contribution in [-0.2, 0) is 9.59 Å². The fourth-order valence-electron chi connectivity index (χ4n) is 3.81. The molecule has 3 unspecified atom stereocenters. The highest BCUT2D eigenvalue weighted by Crippen LogP contribution is 2.30. The van der Waals surface area contributed by atoms with Gasteiger partial charge in [0, 0.05) is 31.5 Å². The summed E-state index contributed by atoms with van der Waals surface area (Å²) in [4.78, 5) is 27.7. The van der Waals surface area contributed by atoms with Crippen molar-refractivity contribution in [3.8, 4) is 5.75 Å². The van der Waals surface area contributed by atoms with Gasteiger partial charge in [-0.15, -0.1) is 0 Å². The van der Waals surface area contributed by atoms with E-state index < -0.39 is 18.2 Å². The lowest BCUT2D eigenvalue weighted by Crippen LogP contribution is -2.55. The zero-order valence-corrected chi connectivity index (χ0v) is 22.0. The van der Waals surface area contributed by atoms with Gasteiger partial charge in [0.15, 0.2) is 0 Å². The van der Waals surface area contributed by atoms with Gasteiger partial charge in [-0.2, -0.15) is 0 Å². The van der Waals surface area contributed by atoms with Crippen molar-refractivity contribution in [2.45, 2.75) is 71.1 Å². The smallest absolute Gasteiger partial charge is 0.247 e. The third-order valence-electron chi connectivity index (χ3n) is 5.73. The van der Waals surface area contributed by atoms with Crippen molar-refractivity contribution in [1.82, 2.24) is 10.2 Å². The number of aliphatic hydroxyl groups is 2. The number of halogens is 1. The highest BCUT2D eigenvalue weighted by Gasteiger charge is 2.40. The molecule has 1 aliphatic rings. The second-order valence-corrected chi connectivity index (χ2v) is 9.98. The van der Waals surface area contributed by atoms with Crippen molar-refractivity contribution in [3.63, 3.8) is 0 Å². The van der Waals surface area contributed by atoms with E-state index in [1.54, 1.807) is 11.0 Å². The van der Waals surface area contributed by atoms with Gasteiger partial charge in [-0.1, -0.05) is 39.3 Å². The van der Waals surface area contributed by atoms with Gasteiger partial charge in [0.25, 0.3) is 0 Å². The Morgan fingerprint density at radius 3 is 2.67 bits per heavy atom. The van der Waals surface area contributed by atoms with Gasteiger partial charge in [-0.25, -0.2) is 0 Å². The van der Waals surface area contributed by atoms with Gasteiger partial charge in [-0.05, 0) is 59.6 Å². The molecule has 1 aliphatic carbocycles. The fraction of sp³-hybridized carbons (Fsp3) is 0.600. The third kappa shape index (κ3) is 8.26. The molecule has 0 radical (unpaired) electrons. The average Bonchev–Trinajstić information content (AvgIpc) is 2.79. The molecule has 1 aromatic carbocycles. The molecule has 0 saturated carbocycles. The minimum atomic E-state index is -0.979. The SMILES string of the molecule is CCCCC(=O)N(CCC(C)C)C1CC(C(=O)NCCO)=CC(Oc2ccccc2I)C1O. The molecule has 1 aromatic rings. The summed E-state index contributed by atoms with van der Waals surface area (Å²) >= 11 is 2.17. The molecular formula is C25H37IN2O5. The van der Waals surface area contributed by atoms with Gasteiger partial charge >= 0.3 is 0 Å². The summed E-state index contributed by atoms with van der Waals surface area (Å²) in [7, 11) is 0. The van der Waals surface area contributed by atoms with Crippen LogP contribution in [0.25, 0.3) is 0 Å². The number of benzene rings is 1. The van der Waals surface area contributed by atoms with E-state index in [1.165, 1.54) is 0 Å². The summed E-state index contributed by atoms with van der Waals surface area (Å²) in [6.07, 6.45) is 3.03. The zero-order chi connectivity index (χ0) is 24.4. The number of carbonyl (C=O) groups is 2. The first kappa shape index (κ1) is 27.6. The van der Waals surface area contributed by atoms with Crippen molar-refractivity contribution >= 4 is 34.4 Å². The van der Waals surface area contributed by atoms with E-state index in [-0.39, 0.29) is 31.4 Å². The predicted octanol–water partition coefficient (Wildman–Crippen LogP) is 3.27. The highest BCUT2D eigenvalue weighted by atomic mass is 127. The van der Waals surface area contributed by atoms with Gasteiger partial charge in [-0.3, -0.25) is 9.59 Å². The topological polar surface area (TPSA) is 99.1 Å². The summed E-state index contributed by atoms with van der Waals surface area (Å²) in [6.45, 7) is 6.73. The predicted molar refractivity (Wildman–Crippen MR) is 137 cm³/mol. The van der Waals surface area contributed by atoms with Crippen LogP contribution in [-0.4, -0.2) is 64.9 Å². The molecule has 0 bridgehead atoms. The maximum Gasteiger partial charge on any atom is 0.247 e. The van der Waals surface area contributed by atoms with Gasteiger partial charge in [0.2, 0.25) is 11.8 Å². The highest BCUT2D eigenvalue weighted by molar-refractivity contribution is 14.1. The second-order valence-electron chi connectivity index (χ2n) is 8.82. The first-order chi connectivity index (χ1) is 15.8. The molecule has 7 nitrogen and oxygen atoms in total. The van der Waals surface area contributed by atoms with E-state index in [2.05, 4.69) is 41.8 Å². The first-order valence-electron chi connectivity index (χ1n) is 11.8. The maximum absolute atomic E-state index is 13.1. The monoisotopic (exact) mass is 572 g/mol. The molecule has 2 rings (SSSR count). The minimum Gasteiger partial charge on any atom is -0.482 e. The molecule has 0 aromatic heterocycles. The number of carbonyl (C=O) groups excluding carboxylic acids is 2. The number of hydrogen-bond acceptors (Lipinski definition) is 5. The Labute approximate surface area is 210 Å². The fourth-order valence-corrected chi connectivity index (χ4v) is 4.33. The summed E-state index contributed by atoms with van der Waals surface area (Å²) in [5.41, 5.74) is 0.451. The van der Waals surface area contributed by atoms with Gasteiger partial charge < -0.3 is 25.2 Å². The van der Waals surface area contributed by atoms with Crippen molar-refractivity contribution in [3.05, 3.63) is 39.5 Å². The Morgan fingerprint density at radius 1 is 1.30 bits per heavy atom. The first-order valence-corrected chi connectivity index (χ1v) is 12.8. The number of aliphatic hydroxyl groups excluding tert-OH is 2. The van der Waals surface area contributed by atoms with Crippen LogP contribution >= 0.6 is 22.6 Å². The average molecular weight is 572 g/mol. The van der Waals surface area contributed by atoms with Crippen LogP contribution in [0.5, 0.6) is 5.75 Å². The Morgan fingerprint density at radius 2 is 2.03 bits per heavy atom. The Bertz CT molecular complexity index is 814. The molecule has 3 atom stereocenters. The lowest BCUT2D eigenvalue weighted by atomic mass is 9.87. The largest absolute Gasteiger partial charge is 0.482 e. The van der Waals surface area contributed by atoms with E-state index >= 15 is 0 Å². The molecule has 184 valence electrons. The van der Waals surface area contributed by atoms with E-state index in [4.69, 9.17) is 9.84 Å². The molecule has 0 saturated heterocycles. The van der Waals surface area contributed by atoms with E-state index in [0.717, 1.165) is 22.8 Å². The molecule has 8 heteroatoms. The van der Waals surface area contributed by atoms with Crippen molar-refractivity contribution in [2.24, 2.45) is 5.92 Å². The molecule has 3 N–H and O–H groups in total. The number of ether oxygens (including phenoxy) is 1. The molecule has 0 spiro atoms. The van der Waals surface area contributed by atoms with Crippen molar-refractivity contribution in [1.29, 1.82) is 0 Å². The van der Waals surface area contributed by atoms with Crippen molar-refractivity contribution < 1.29 is 24.5 Å².